The minimum Gasteiger partial charge on any atom is -0.396 e. The van der Waals surface area contributed by atoms with Crippen LogP contribution >= 0.6 is 11.8 Å². The van der Waals surface area contributed by atoms with E-state index in [-0.39, 0.29) is 23.2 Å². The lowest BCUT2D eigenvalue weighted by Gasteiger charge is -2.40. The monoisotopic (exact) mass is 287 g/mol. The quantitative estimate of drug-likeness (QED) is 0.732. The van der Waals surface area contributed by atoms with Crippen molar-refractivity contribution in [1.29, 1.82) is 0 Å². The average molecular weight is 287 g/mol. The number of nitrogens with zero attached hydrogens (tertiary/aromatic N) is 1. The number of aliphatic hydroxyl groups is 1. The van der Waals surface area contributed by atoms with Crippen LogP contribution in [0, 0.1) is 5.41 Å². The highest BCUT2D eigenvalue weighted by molar-refractivity contribution is 8.00. The predicted octanol–water partition coefficient (Wildman–Crippen LogP) is 2.92. The fourth-order valence-electron chi connectivity index (χ4n) is 2.56. The van der Waals surface area contributed by atoms with E-state index in [0.29, 0.717) is 0 Å². The highest BCUT2D eigenvalue weighted by Crippen LogP contribution is 2.34. The standard InChI is InChI=1S/C15H29NO2S/c1-4-6-11-19-13(3)14(18)16-9-7-15(5-2,12-17)8-10-16/h13,17H,4-12H2,1-3H3. The summed E-state index contributed by atoms with van der Waals surface area (Å²) in [5.41, 5.74) is 0.0649. The Balaban J connectivity index is 2.39. The summed E-state index contributed by atoms with van der Waals surface area (Å²) in [7, 11) is 0. The zero-order chi connectivity index (χ0) is 14.3. The summed E-state index contributed by atoms with van der Waals surface area (Å²) in [6, 6.07) is 0. The van der Waals surface area contributed by atoms with E-state index in [2.05, 4.69) is 13.8 Å². The van der Waals surface area contributed by atoms with Crippen molar-refractivity contribution in [1.82, 2.24) is 4.90 Å². The molecule has 0 aliphatic carbocycles. The zero-order valence-electron chi connectivity index (χ0n) is 12.7. The summed E-state index contributed by atoms with van der Waals surface area (Å²) < 4.78 is 0. The molecule has 0 aromatic carbocycles. The molecule has 1 atom stereocenters. The molecule has 1 aliphatic rings. The number of rotatable bonds is 7. The summed E-state index contributed by atoms with van der Waals surface area (Å²) >= 11 is 1.77. The van der Waals surface area contributed by atoms with Gasteiger partial charge in [-0.2, -0.15) is 0 Å². The Morgan fingerprint density at radius 2 is 2.00 bits per heavy atom. The molecule has 0 saturated carbocycles. The van der Waals surface area contributed by atoms with Crippen LogP contribution in [0.1, 0.15) is 52.9 Å². The SMILES string of the molecule is CCCCSC(C)C(=O)N1CCC(CC)(CO)CC1. The molecule has 1 N–H and O–H groups in total. The molecule has 0 bridgehead atoms. The van der Waals surface area contributed by atoms with Gasteiger partial charge in [0, 0.05) is 19.7 Å². The van der Waals surface area contributed by atoms with E-state index in [1.807, 2.05) is 11.8 Å². The van der Waals surface area contributed by atoms with Crippen molar-refractivity contribution in [3.8, 4) is 0 Å². The maximum absolute atomic E-state index is 12.3. The topological polar surface area (TPSA) is 40.5 Å². The van der Waals surface area contributed by atoms with Gasteiger partial charge in [-0.25, -0.2) is 0 Å². The Labute approximate surface area is 122 Å². The van der Waals surface area contributed by atoms with E-state index < -0.39 is 0 Å². The van der Waals surface area contributed by atoms with Gasteiger partial charge >= 0.3 is 0 Å². The van der Waals surface area contributed by atoms with Crippen molar-refractivity contribution < 1.29 is 9.90 Å². The fraction of sp³-hybridized carbons (Fsp3) is 0.933. The minimum atomic E-state index is 0.0649. The summed E-state index contributed by atoms with van der Waals surface area (Å²) in [5.74, 6) is 1.36. The van der Waals surface area contributed by atoms with Crippen molar-refractivity contribution in [3.05, 3.63) is 0 Å². The average Bonchev–Trinajstić information content (AvgIpc) is 2.46. The molecule has 1 heterocycles. The number of thioether (sulfide) groups is 1. The summed E-state index contributed by atoms with van der Waals surface area (Å²) in [4.78, 5) is 14.3. The van der Waals surface area contributed by atoms with Crippen LogP contribution in [0.25, 0.3) is 0 Å². The molecule has 0 radical (unpaired) electrons. The Morgan fingerprint density at radius 3 is 2.47 bits per heavy atom. The lowest BCUT2D eigenvalue weighted by atomic mass is 9.77. The molecule has 0 aromatic rings. The zero-order valence-corrected chi connectivity index (χ0v) is 13.5. The van der Waals surface area contributed by atoms with Crippen molar-refractivity contribution in [2.24, 2.45) is 5.41 Å². The van der Waals surface area contributed by atoms with Crippen molar-refractivity contribution in [3.63, 3.8) is 0 Å². The Morgan fingerprint density at radius 1 is 1.37 bits per heavy atom. The van der Waals surface area contributed by atoms with Gasteiger partial charge in [0.15, 0.2) is 0 Å². The van der Waals surface area contributed by atoms with Crippen LogP contribution in [0.5, 0.6) is 0 Å². The molecule has 0 spiro atoms. The molecule has 112 valence electrons. The van der Waals surface area contributed by atoms with Crippen LogP contribution in [0.4, 0.5) is 0 Å². The van der Waals surface area contributed by atoms with Crippen LogP contribution in [-0.2, 0) is 4.79 Å². The molecule has 1 rings (SSSR count). The number of carbonyl (C=O) groups is 1. The first-order valence-electron chi connectivity index (χ1n) is 7.60. The number of hydrogen-bond donors (Lipinski definition) is 1. The van der Waals surface area contributed by atoms with Crippen LogP contribution in [0.15, 0.2) is 0 Å². The molecule has 1 aliphatic heterocycles. The smallest absolute Gasteiger partial charge is 0.235 e. The third kappa shape index (κ3) is 4.67. The summed E-state index contributed by atoms with van der Waals surface area (Å²) in [6.45, 7) is 8.22. The second kappa shape index (κ2) is 8.15. The third-order valence-corrected chi connectivity index (χ3v) is 5.66. The summed E-state index contributed by atoms with van der Waals surface area (Å²) in [6.07, 6.45) is 5.27. The molecule has 19 heavy (non-hydrogen) atoms. The molecule has 4 heteroatoms. The number of unbranched alkanes of at least 4 members (excludes halogenated alkanes) is 1. The van der Waals surface area contributed by atoms with Crippen molar-refractivity contribution in [2.75, 3.05) is 25.4 Å². The van der Waals surface area contributed by atoms with E-state index >= 15 is 0 Å². The van der Waals surface area contributed by atoms with E-state index in [9.17, 15) is 9.90 Å². The van der Waals surface area contributed by atoms with Crippen LogP contribution in [0.3, 0.4) is 0 Å². The maximum atomic E-state index is 12.3. The predicted molar refractivity (Wildman–Crippen MR) is 82.5 cm³/mol. The Kier molecular flexibility index (Phi) is 7.22. The first-order valence-corrected chi connectivity index (χ1v) is 8.64. The second-order valence-corrected chi connectivity index (χ2v) is 7.15. The van der Waals surface area contributed by atoms with Crippen LogP contribution in [0.2, 0.25) is 0 Å². The first-order chi connectivity index (χ1) is 9.08. The lowest BCUT2D eigenvalue weighted by molar-refractivity contribution is -0.133. The van der Waals surface area contributed by atoms with Gasteiger partial charge in [-0.15, -0.1) is 11.8 Å². The summed E-state index contributed by atoms with van der Waals surface area (Å²) in [5, 5.41) is 9.59. The number of aliphatic hydroxyl groups excluding tert-OH is 1. The van der Waals surface area contributed by atoms with Gasteiger partial charge in [0.2, 0.25) is 5.91 Å². The van der Waals surface area contributed by atoms with Gasteiger partial charge in [-0.05, 0) is 43.8 Å². The lowest BCUT2D eigenvalue weighted by Crippen LogP contribution is -2.46. The van der Waals surface area contributed by atoms with Gasteiger partial charge in [0.05, 0.1) is 5.25 Å². The number of carbonyl (C=O) groups excluding carboxylic acids is 1. The molecule has 1 fully saturated rings. The largest absolute Gasteiger partial charge is 0.396 e. The molecule has 1 saturated heterocycles. The van der Waals surface area contributed by atoms with E-state index in [0.717, 1.165) is 38.1 Å². The van der Waals surface area contributed by atoms with E-state index in [1.165, 1.54) is 12.8 Å². The normalized spacial score (nSPS) is 20.3. The van der Waals surface area contributed by atoms with E-state index in [4.69, 9.17) is 0 Å². The molecule has 1 amide bonds. The Hall–Kier alpha value is -0.220. The van der Waals surface area contributed by atoms with E-state index in [1.54, 1.807) is 11.8 Å². The highest BCUT2D eigenvalue weighted by atomic mass is 32.2. The number of hydrogen-bond acceptors (Lipinski definition) is 3. The van der Waals surface area contributed by atoms with Crippen LogP contribution in [-0.4, -0.2) is 46.6 Å². The molecular formula is C15H29NO2S. The van der Waals surface area contributed by atoms with Crippen molar-refractivity contribution in [2.45, 2.75) is 58.1 Å². The highest BCUT2D eigenvalue weighted by Gasteiger charge is 2.34. The maximum Gasteiger partial charge on any atom is 0.235 e. The van der Waals surface area contributed by atoms with Crippen LogP contribution < -0.4 is 0 Å². The number of amides is 1. The second-order valence-electron chi connectivity index (χ2n) is 5.70. The van der Waals surface area contributed by atoms with Gasteiger partial charge in [0.1, 0.15) is 0 Å². The molecule has 3 nitrogen and oxygen atoms in total. The van der Waals surface area contributed by atoms with Gasteiger partial charge < -0.3 is 10.0 Å². The van der Waals surface area contributed by atoms with Gasteiger partial charge in [-0.1, -0.05) is 20.3 Å². The third-order valence-electron chi connectivity index (χ3n) is 4.43. The molecule has 1 unspecified atom stereocenters. The van der Waals surface area contributed by atoms with Gasteiger partial charge in [0.25, 0.3) is 0 Å². The first kappa shape index (κ1) is 16.8. The fourth-order valence-corrected chi connectivity index (χ4v) is 3.66. The van der Waals surface area contributed by atoms with Gasteiger partial charge in [-0.3, -0.25) is 4.79 Å². The number of likely N-dealkylation sites (tertiary alicyclic amines) is 1. The molecular weight excluding hydrogens is 258 g/mol. The van der Waals surface area contributed by atoms with Crippen molar-refractivity contribution >= 4 is 17.7 Å². The molecule has 0 aromatic heterocycles. The number of piperidine rings is 1. The minimum absolute atomic E-state index is 0.0649. The Bertz CT molecular complexity index is 269.